The lowest BCUT2D eigenvalue weighted by molar-refractivity contribution is 0.0929. The van der Waals surface area contributed by atoms with E-state index in [0.717, 1.165) is 56.1 Å². The highest BCUT2D eigenvalue weighted by molar-refractivity contribution is 5.94. The molecular formula is C24H32N4O. The molecule has 5 rings (SSSR count). The fourth-order valence-corrected chi connectivity index (χ4v) is 5.52. The molecule has 1 unspecified atom stereocenters. The quantitative estimate of drug-likeness (QED) is 0.803. The molecule has 2 aliphatic carbocycles. The molecule has 1 atom stereocenters. The van der Waals surface area contributed by atoms with Crippen LogP contribution in [0.15, 0.2) is 30.3 Å². The molecule has 0 spiro atoms. The normalized spacial score (nSPS) is 23.1. The SMILES string of the molecule is O=C(NC1CCN(C2CCCCCC2)C1)c1nn(-c2ccccc2)c2c1CCC2. The number of nitrogens with zero attached hydrogens (tertiary/aromatic N) is 3. The summed E-state index contributed by atoms with van der Waals surface area (Å²) in [7, 11) is 0. The van der Waals surface area contributed by atoms with Gasteiger partial charge in [0.15, 0.2) is 5.69 Å². The van der Waals surface area contributed by atoms with Crippen LogP contribution in [0, 0.1) is 0 Å². The zero-order valence-corrected chi connectivity index (χ0v) is 17.3. The number of rotatable bonds is 4. The van der Waals surface area contributed by atoms with Crippen molar-refractivity contribution in [3.63, 3.8) is 0 Å². The Morgan fingerprint density at radius 3 is 2.55 bits per heavy atom. The first-order valence-corrected chi connectivity index (χ1v) is 11.5. The highest BCUT2D eigenvalue weighted by Gasteiger charge is 2.32. The maximum absolute atomic E-state index is 13.1. The molecule has 1 saturated heterocycles. The molecule has 1 aromatic carbocycles. The molecule has 0 radical (unpaired) electrons. The van der Waals surface area contributed by atoms with Crippen molar-refractivity contribution in [1.82, 2.24) is 20.0 Å². The standard InChI is InChI=1S/C24H32N4O/c29-24(25-18-15-16-27(17-18)19-9-4-1-2-5-10-19)23-21-13-8-14-22(21)28(26-23)20-11-6-3-7-12-20/h3,6-7,11-12,18-19H,1-2,4-5,8-10,13-17H2,(H,25,29). The van der Waals surface area contributed by atoms with E-state index in [1.807, 2.05) is 22.9 Å². The van der Waals surface area contributed by atoms with Gasteiger partial charge in [0.05, 0.1) is 5.69 Å². The minimum Gasteiger partial charge on any atom is -0.347 e. The third-order valence-corrected chi connectivity index (χ3v) is 7.04. The van der Waals surface area contributed by atoms with Gasteiger partial charge in [-0.25, -0.2) is 4.68 Å². The summed E-state index contributed by atoms with van der Waals surface area (Å²) in [6.45, 7) is 2.12. The summed E-state index contributed by atoms with van der Waals surface area (Å²) in [5.74, 6) is 0.0190. The van der Waals surface area contributed by atoms with E-state index in [0.29, 0.717) is 5.69 Å². The molecule has 1 N–H and O–H groups in total. The summed E-state index contributed by atoms with van der Waals surface area (Å²) in [6.07, 6.45) is 12.3. The largest absolute Gasteiger partial charge is 0.347 e. The average Bonchev–Trinajstić information content (AvgIpc) is 3.42. The number of hydrogen-bond acceptors (Lipinski definition) is 3. The van der Waals surface area contributed by atoms with Gasteiger partial charge in [-0.05, 0) is 50.7 Å². The molecule has 1 aliphatic heterocycles. The van der Waals surface area contributed by atoms with Gasteiger partial charge in [0.1, 0.15) is 0 Å². The molecule has 1 amide bonds. The number of carbonyl (C=O) groups is 1. The van der Waals surface area contributed by atoms with Gasteiger partial charge in [-0.15, -0.1) is 0 Å². The summed E-state index contributed by atoms with van der Waals surface area (Å²) < 4.78 is 1.99. The highest BCUT2D eigenvalue weighted by Crippen LogP contribution is 2.29. The second-order valence-corrected chi connectivity index (χ2v) is 8.97. The first kappa shape index (κ1) is 18.9. The van der Waals surface area contributed by atoms with E-state index in [9.17, 15) is 4.79 Å². The minimum absolute atomic E-state index is 0.0190. The highest BCUT2D eigenvalue weighted by atomic mass is 16.2. The molecule has 5 heteroatoms. The van der Waals surface area contributed by atoms with Crippen molar-refractivity contribution >= 4 is 5.91 Å². The number of fused-ring (bicyclic) bond motifs is 1. The van der Waals surface area contributed by atoms with Crippen molar-refractivity contribution in [2.45, 2.75) is 76.3 Å². The lowest BCUT2D eigenvalue weighted by Crippen LogP contribution is -2.40. The average molecular weight is 393 g/mol. The van der Waals surface area contributed by atoms with E-state index >= 15 is 0 Å². The Balaban J connectivity index is 1.28. The Labute approximate surface area is 173 Å². The summed E-state index contributed by atoms with van der Waals surface area (Å²) in [6, 6.07) is 11.2. The molecule has 2 fully saturated rings. The lowest BCUT2D eigenvalue weighted by atomic mass is 10.1. The van der Waals surface area contributed by atoms with E-state index < -0.39 is 0 Å². The van der Waals surface area contributed by atoms with Crippen LogP contribution in [-0.4, -0.2) is 45.8 Å². The molecule has 5 nitrogen and oxygen atoms in total. The fraction of sp³-hybridized carbons (Fsp3) is 0.583. The van der Waals surface area contributed by atoms with Crippen molar-refractivity contribution in [2.75, 3.05) is 13.1 Å². The fourth-order valence-electron chi connectivity index (χ4n) is 5.52. The van der Waals surface area contributed by atoms with Crippen LogP contribution in [0.3, 0.4) is 0 Å². The first-order valence-electron chi connectivity index (χ1n) is 11.5. The van der Waals surface area contributed by atoms with E-state index in [1.165, 1.54) is 44.2 Å². The maximum atomic E-state index is 13.1. The van der Waals surface area contributed by atoms with E-state index in [4.69, 9.17) is 5.10 Å². The van der Waals surface area contributed by atoms with Crippen LogP contribution in [-0.2, 0) is 12.8 Å². The van der Waals surface area contributed by atoms with E-state index in [-0.39, 0.29) is 11.9 Å². The predicted octanol–water partition coefficient (Wildman–Crippen LogP) is 3.89. The third kappa shape index (κ3) is 3.85. The predicted molar refractivity (Wildman–Crippen MR) is 115 cm³/mol. The van der Waals surface area contributed by atoms with Crippen LogP contribution in [0.4, 0.5) is 0 Å². The van der Waals surface area contributed by atoms with Gasteiger partial charge in [-0.2, -0.15) is 5.10 Å². The molecule has 29 heavy (non-hydrogen) atoms. The minimum atomic E-state index is 0.0190. The molecule has 2 aromatic rings. The molecule has 1 aromatic heterocycles. The molecule has 3 aliphatic rings. The number of benzene rings is 1. The van der Waals surface area contributed by atoms with Gasteiger partial charge in [0.2, 0.25) is 0 Å². The monoisotopic (exact) mass is 392 g/mol. The second kappa shape index (κ2) is 8.31. The van der Waals surface area contributed by atoms with Gasteiger partial charge in [-0.3, -0.25) is 9.69 Å². The maximum Gasteiger partial charge on any atom is 0.272 e. The molecule has 154 valence electrons. The number of carbonyl (C=O) groups excluding carboxylic acids is 1. The van der Waals surface area contributed by atoms with Crippen LogP contribution >= 0.6 is 0 Å². The zero-order chi connectivity index (χ0) is 19.6. The van der Waals surface area contributed by atoms with Gasteiger partial charge < -0.3 is 5.32 Å². The number of hydrogen-bond donors (Lipinski definition) is 1. The van der Waals surface area contributed by atoms with Crippen molar-refractivity contribution in [3.05, 3.63) is 47.3 Å². The number of para-hydroxylation sites is 1. The van der Waals surface area contributed by atoms with Crippen LogP contribution in [0.2, 0.25) is 0 Å². The summed E-state index contributed by atoms with van der Waals surface area (Å²) in [4.78, 5) is 15.8. The molecule has 1 saturated carbocycles. The Bertz CT molecular complexity index is 851. The van der Waals surface area contributed by atoms with E-state index in [1.54, 1.807) is 0 Å². The summed E-state index contributed by atoms with van der Waals surface area (Å²) in [5.41, 5.74) is 4.07. The van der Waals surface area contributed by atoms with Crippen molar-refractivity contribution in [3.8, 4) is 5.69 Å². The molecular weight excluding hydrogens is 360 g/mol. The third-order valence-electron chi connectivity index (χ3n) is 7.04. The van der Waals surface area contributed by atoms with Crippen molar-refractivity contribution < 1.29 is 4.79 Å². The van der Waals surface area contributed by atoms with Gasteiger partial charge in [-0.1, -0.05) is 43.9 Å². The van der Waals surface area contributed by atoms with E-state index in [2.05, 4.69) is 22.3 Å². The summed E-state index contributed by atoms with van der Waals surface area (Å²) >= 11 is 0. The molecule has 2 heterocycles. The van der Waals surface area contributed by atoms with Crippen LogP contribution in [0.1, 0.15) is 73.1 Å². The Morgan fingerprint density at radius 1 is 0.966 bits per heavy atom. The Morgan fingerprint density at radius 2 is 1.76 bits per heavy atom. The van der Waals surface area contributed by atoms with Gasteiger partial charge >= 0.3 is 0 Å². The number of aromatic nitrogens is 2. The number of amides is 1. The Kier molecular flexibility index (Phi) is 5.40. The second-order valence-electron chi connectivity index (χ2n) is 8.97. The number of likely N-dealkylation sites (tertiary alicyclic amines) is 1. The topological polar surface area (TPSA) is 50.2 Å². The molecule has 0 bridgehead atoms. The Hall–Kier alpha value is -2.14. The van der Waals surface area contributed by atoms with Crippen LogP contribution < -0.4 is 5.32 Å². The summed E-state index contributed by atoms with van der Waals surface area (Å²) in [5, 5.41) is 8.07. The lowest BCUT2D eigenvalue weighted by Gasteiger charge is -2.26. The smallest absolute Gasteiger partial charge is 0.272 e. The zero-order valence-electron chi connectivity index (χ0n) is 17.3. The van der Waals surface area contributed by atoms with Crippen LogP contribution in [0.25, 0.3) is 5.69 Å². The van der Waals surface area contributed by atoms with Crippen molar-refractivity contribution in [2.24, 2.45) is 0 Å². The van der Waals surface area contributed by atoms with Crippen LogP contribution in [0.5, 0.6) is 0 Å². The number of nitrogens with one attached hydrogen (secondary N) is 1. The van der Waals surface area contributed by atoms with Gasteiger partial charge in [0.25, 0.3) is 5.91 Å². The first-order chi connectivity index (χ1) is 14.3. The van der Waals surface area contributed by atoms with Gasteiger partial charge in [0, 0.05) is 36.4 Å². The van der Waals surface area contributed by atoms with Crippen molar-refractivity contribution in [1.29, 1.82) is 0 Å².